The summed E-state index contributed by atoms with van der Waals surface area (Å²) in [4.78, 5) is 4.67. The molecule has 0 radical (unpaired) electrons. The molecule has 0 bridgehead atoms. The van der Waals surface area contributed by atoms with E-state index >= 15 is 0 Å². The molecule has 112 valence electrons. The number of nitrogens with zero attached hydrogens (tertiary/aromatic N) is 2. The van der Waals surface area contributed by atoms with Crippen LogP contribution in [0.5, 0.6) is 0 Å². The van der Waals surface area contributed by atoms with Crippen molar-refractivity contribution in [1.82, 2.24) is 5.32 Å². The summed E-state index contributed by atoms with van der Waals surface area (Å²) in [5.74, 6) is -0.541. The summed E-state index contributed by atoms with van der Waals surface area (Å²) in [6.07, 6.45) is -5.52. The van der Waals surface area contributed by atoms with Crippen LogP contribution in [0.25, 0.3) is 0 Å². The molecule has 0 amide bonds. The zero-order valence-electron chi connectivity index (χ0n) is 10.7. The molecule has 1 aromatic carbocycles. The SMILES string of the molecule is N#Cc1ccc(CNCC2CC(C(F)(F)F)=NO2)c(F)c1. The molecule has 1 N–H and O–H groups in total. The Morgan fingerprint density at radius 3 is 2.76 bits per heavy atom. The van der Waals surface area contributed by atoms with Crippen molar-refractivity contribution >= 4 is 5.71 Å². The quantitative estimate of drug-likeness (QED) is 0.869. The van der Waals surface area contributed by atoms with Crippen LogP contribution in [0.1, 0.15) is 17.5 Å². The fourth-order valence-corrected chi connectivity index (χ4v) is 1.83. The van der Waals surface area contributed by atoms with Gasteiger partial charge in [0.2, 0.25) is 0 Å². The van der Waals surface area contributed by atoms with Gasteiger partial charge in [-0.25, -0.2) is 4.39 Å². The monoisotopic (exact) mass is 301 g/mol. The van der Waals surface area contributed by atoms with Gasteiger partial charge < -0.3 is 10.2 Å². The molecule has 2 rings (SSSR count). The van der Waals surface area contributed by atoms with Crippen LogP contribution in [0.4, 0.5) is 17.6 Å². The number of hydrogen-bond donors (Lipinski definition) is 1. The molecule has 8 heteroatoms. The minimum absolute atomic E-state index is 0.114. The second-order valence-corrected chi connectivity index (χ2v) is 4.52. The summed E-state index contributed by atoms with van der Waals surface area (Å²) in [7, 11) is 0. The molecular weight excluding hydrogens is 290 g/mol. The summed E-state index contributed by atoms with van der Waals surface area (Å²) in [5, 5.41) is 14.4. The van der Waals surface area contributed by atoms with Gasteiger partial charge >= 0.3 is 6.18 Å². The Kier molecular flexibility index (Phi) is 4.43. The lowest BCUT2D eigenvalue weighted by Gasteiger charge is -2.10. The third kappa shape index (κ3) is 3.92. The van der Waals surface area contributed by atoms with Crippen molar-refractivity contribution in [1.29, 1.82) is 5.26 Å². The lowest BCUT2D eigenvalue weighted by atomic mass is 10.1. The third-order valence-corrected chi connectivity index (χ3v) is 2.93. The number of oxime groups is 1. The van der Waals surface area contributed by atoms with Gasteiger partial charge in [-0.05, 0) is 12.1 Å². The van der Waals surface area contributed by atoms with Gasteiger partial charge in [0.25, 0.3) is 0 Å². The van der Waals surface area contributed by atoms with Gasteiger partial charge in [0.1, 0.15) is 11.9 Å². The van der Waals surface area contributed by atoms with Crippen molar-refractivity contribution in [2.45, 2.75) is 25.2 Å². The van der Waals surface area contributed by atoms with E-state index in [0.717, 1.165) is 6.07 Å². The summed E-state index contributed by atoms with van der Waals surface area (Å²) in [6, 6.07) is 5.84. The zero-order valence-corrected chi connectivity index (χ0v) is 10.7. The Morgan fingerprint density at radius 2 is 2.19 bits per heavy atom. The Morgan fingerprint density at radius 1 is 1.43 bits per heavy atom. The van der Waals surface area contributed by atoms with Gasteiger partial charge in [-0.2, -0.15) is 18.4 Å². The second-order valence-electron chi connectivity index (χ2n) is 4.52. The molecule has 1 aliphatic heterocycles. The molecule has 1 aromatic rings. The zero-order chi connectivity index (χ0) is 15.5. The standard InChI is InChI=1S/C13H11F4N3O/c14-11-3-8(5-18)1-2-9(11)6-19-7-10-4-12(20-21-10)13(15,16)17/h1-3,10,19H,4,6-7H2. The van der Waals surface area contributed by atoms with Gasteiger partial charge in [-0.1, -0.05) is 11.2 Å². The normalized spacial score (nSPS) is 18.0. The molecule has 1 heterocycles. The van der Waals surface area contributed by atoms with Crippen LogP contribution >= 0.6 is 0 Å². The summed E-state index contributed by atoms with van der Waals surface area (Å²) in [6.45, 7) is 0.237. The molecule has 0 saturated heterocycles. The first-order valence-electron chi connectivity index (χ1n) is 6.09. The Balaban J connectivity index is 1.80. The van der Waals surface area contributed by atoms with E-state index in [1.165, 1.54) is 12.1 Å². The van der Waals surface area contributed by atoms with E-state index in [0.29, 0.717) is 5.56 Å². The average molecular weight is 301 g/mol. The Hall–Kier alpha value is -2.14. The van der Waals surface area contributed by atoms with Crippen molar-refractivity contribution < 1.29 is 22.4 Å². The minimum Gasteiger partial charge on any atom is -0.391 e. The van der Waals surface area contributed by atoms with E-state index in [9.17, 15) is 17.6 Å². The molecule has 0 fully saturated rings. The van der Waals surface area contributed by atoms with E-state index in [-0.39, 0.29) is 25.1 Å². The topological polar surface area (TPSA) is 57.4 Å². The fraction of sp³-hybridized carbons (Fsp3) is 0.385. The number of hydrogen-bond acceptors (Lipinski definition) is 4. The van der Waals surface area contributed by atoms with E-state index in [1.807, 2.05) is 6.07 Å². The van der Waals surface area contributed by atoms with Crippen molar-refractivity contribution in [2.24, 2.45) is 5.16 Å². The number of benzene rings is 1. The van der Waals surface area contributed by atoms with Crippen molar-refractivity contribution in [2.75, 3.05) is 6.54 Å². The van der Waals surface area contributed by atoms with Gasteiger partial charge in [-0.3, -0.25) is 0 Å². The van der Waals surface area contributed by atoms with Gasteiger partial charge in [0.05, 0.1) is 11.6 Å². The number of nitrogens with one attached hydrogen (secondary N) is 1. The van der Waals surface area contributed by atoms with Crippen LogP contribution < -0.4 is 5.32 Å². The van der Waals surface area contributed by atoms with Crippen LogP contribution in [0.3, 0.4) is 0 Å². The highest BCUT2D eigenvalue weighted by Gasteiger charge is 2.41. The van der Waals surface area contributed by atoms with Crippen LogP contribution in [-0.4, -0.2) is 24.5 Å². The van der Waals surface area contributed by atoms with E-state index < -0.39 is 23.8 Å². The van der Waals surface area contributed by atoms with Crippen LogP contribution in [-0.2, 0) is 11.4 Å². The highest BCUT2D eigenvalue weighted by Crippen LogP contribution is 2.25. The molecule has 0 aromatic heterocycles. The smallest absolute Gasteiger partial charge is 0.391 e. The number of halogens is 4. The second kappa shape index (κ2) is 6.10. The van der Waals surface area contributed by atoms with E-state index in [4.69, 9.17) is 5.26 Å². The predicted octanol–water partition coefficient (Wildman–Crippen LogP) is 2.49. The molecule has 0 saturated carbocycles. The summed E-state index contributed by atoms with van der Waals surface area (Å²) >= 11 is 0. The Labute approximate surface area is 118 Å². The van der Waals surface area contributed by atoms with Gasteiger partial charge in [0, 0.05) is 25.1 Å². The third-order valence-electron chi connectivity index (χ3n) is 2.93. The molecular formula is C13H11F4N3O. The first-order valence-corrected chi connectivity index (χ1v) is 6.09. The highest BCUT2D eigenvalue weighted by molar-refractivity contribution is 5.90. The van der Waals surface area contributed by atoms with Crippen molar-refractivity contribution in [3.05, 3.63) is 35.1 Å². The Bertz CT molecular complexity index is 592. The molecule has 1 aliphatic rings. The summed E-state index contributed by atoms with van der Waals surface area (Å²) < 4.78 is 50.6. The summed E-state index contributed by atoms with van der Waals surface area (Å²) in [5.41, 5.74) is -0.415. The predicted molar refractivity (Wildman–Crippen MR) is 65.8 cm³/mol. The van der Waals surface area contributed by atoms with Gasteiger partial charge in [-0.15, -0.1) is 0 Å². The highest BCUT2D eigenvalue weighted by atomic mass is 19.4. The molecule has 21 heavy (non-hydrogen) atoms. The first-order chi connectivity index (χ1) is 9.90. The molecule has 1 unspecified atom stereocenters. The number of alkyl halides is 3. The van der Waals surface area contributed by atoms with Crippen molar-refractivity contribution in [3.8, 4) is 6.07 Å². The largest absolute Gasteiger partial charge is 0.432 e. The minimum atomic E-state index is -4.48. The fourth-order valence-electron chi connectivity index (χ4n) is 1.83. The maximum atomic E-state index is 13.6. The maximum absolute atomic E-state index is 13.6. The first kappa shape index (κ1) is 15.3. The van der Waals surface area contributed by atoms with Crippen LogP contribution in [0.2, 0.25) is 0 Å². The van der Waals surface area contributed by atoms with E-state index in [2.05, 4.69) is 15.3 Å². The molecule has 1 atom stereocenters. The van der Waals surface area contributed by atoms with Crippen molar-refractivity contribution in [3.63, 3.8) is 0 Å². The molecule has 0 aliphatic carbocycles. The van der Waals surface area contributed by atoms with Crippen LogP contribution in [0, 0.1) is 17.1 Å². The van der Waals surface area contributed by atoms with Crippen LogP contribution in [0.15, 0.2) is 23.4 Å². The average Bonchev–Trinajstić information content (AvgIpc) is 2.89. The van der Waals surface area contributed by atoms with E-state index in [1.54, 1.807) is 0 Å². The van der Waals surface area contributed by atoms with Gasteiger partial charge in [0.15, 0.2) is 5.71 Å². The number of rotatable bonds is 4. The molecule has 4 nitrogen and oxygen atoms in total. The molecule has 0 spiro atoms. The number of nitriles is 1. The maximum Gasteiger partial charge on any atom is 0.432 e. The lowest BCUT2D eigenvalue weighted by Crippen LogP contribution is -2.29. The lowest BCUT2D eigenvalue weighted by molar-refractivity contribution is -0.0604.